The number of hydrogen-bond donors (Lipinski definition) is 0. The lowest BCUT2D eigenvalue weighted by atomic mass is 9.89. The van der Waals surface area contributed by atoms with Gasteiger partial charge in [0, 0.05) is 51.0 Å². The Morgan fingerprint density at radius 1 is 1.06 bits per heavy atom. The van der Waals surface area contributed by atoms with E-state index in [-0.39, 0.29) is 17.5 Å². The molecule has 2 fully saturated rings. The molecule has 2 saturated heterocycles. The molecule has 2 heterocycles. The molecule has 2 aliphatic heterocycles. The van der Waals surface area contributed by atoms with Crippen molar-refractivity contribution in [1.82, 2.24) is 9.80 Å². The molecule has 2 aliphatic rings. The highest BCUT2D eigenvalue weighted by molar-refractivity contribution is 7.80. The van der Waals surface area contributed by atoms with Crippen molar-refractivity contribution in [2.75, 3.05) is 39.3 Å². The van der Waals surface area contributed by atoms with Crippen LogP contribution in [0, 0.1) is 17.0 Å². The number of rotatable bonds is 9. The molecule has 36 heavy (non-hydrogen) atoms. The standard InChI is InChI=1S/C28H37N3O4S/c1-3-34-27-20-25(8-9-26(27)31(32)33)35-24-12-18-30(19-13-24)28(36)14-17-29-15-10-23(11-16-29)22-6-4-21(2)5-7-22/h4-9,20,23-24H,3,10-19H2,1-2H3. The lowest BCUT2D eigenvalue weighted by Crippen LogP contribution is -2.42. The van der Waals surface area contributed by atoms with E-state index in [0.29, 0.717) is 18.3 Å². The van der Waals surface area contributed by atoms with Crippen LogP contribution in [-0.2, 0) is 0 Å². The quantitative estimate of drug-likeness (QED) is 0.241. The first-order chi connectivity index (χ1) is 17.4. The van der Waals surface area contributed by atoms with E-state index < -0.39 is 4.92 Å². The van der Waals surface area contributed by atoms with Crippen LogP contribution >= 0.6 is 12.2 Å². The smallest absolute Gasteiger partial charge is 0.311 e. The molecule has 2 aromatic carbocycles. The van der Waals surface area contributed by atoms with Gasteiger partial charge in [0.25, 0.3) is 0 Å². The lowest BCUT2D eigenvalue weighted by molar-refractivity contribution is -0.385. The molecule has 0 spiro atoms. The number of ether oxygens (including phenoxy) is 2. The average molecular weight is 512 g/mol. The first kappa shape index (κ1) is 26.4. The summed E-state index contributed by atoms with van der Waals surface area (Å²) in [7, 11) is 0. The second kappa shape index (κ2) is 12.5. The molecule has 0 saturated carbocycles. The monoisotopic (exact) mass is 511 g/mol. The molecule has 194 valence electrons. The van der Waals surface area contributed by atoms with Crippen LogP contribution in [0.1, 0.15) is 56.1 Å². The minimum Gasteiger partial charge on any atom is -0.490 e. The van der Waals surface area contributed by atoms with E-state index in [0.717, 1.165) is 57.0 Å². The largest absolute Gasteiger partial charge is 0.490 e. The summed E-state index contributed by atoms with van der Waals surface area (Å²) >= 11 is 5.79. The highest BCUT2D eigenvalue weighted by Gasteiger charge is 2.25. The van der Waals surface area contributed by atoms with Crippen molar-refractivity contribution in [2.45, 2.75) is 58.0 Å². The fourth-order valence-corrected chi connectivity index (χ4v) is 5.42. The molecule has 0 aliphatic carbocycles. The van der Waals surface area contributed by atoms with Crippen molar-refractivity contribution in [3.63, 3.8) is 0 Å². The Morgan fingerprint density at radius 2 is 1.75 bits per heavy atom. The molecular weight excluding hydrogens is 474 g/mol. The number of benzene rings is 2. The number of thiocarbonyl (C=S) groups is 1. The number of nitrogens with zero attached hydrogens (tertiary/aromatic N) is 3. The van der Waals surface area contributed by atoms with E-state index in [1.165, 1.54) is 30.0 Å². The van der Waals surface area contributed by atoms with Crippen LogP contribution in [0.3, 0.4) is 0 Å². The molecule has 0 unspecified atom stereocenters. The van der Waals surface area contributed by atoms with Crippen molar-refractivity contribution in [3.05, 3.63) is 63.7 Å². The molecule has 4 rings (SSSR count). The minimum absolute atomic E-state index is 0.0382. The van der Waals surface area contributed by atoms with E-state index in [4.69, 9.17) is 21.7 Å². The number of piperidine rings is 2. The predicted octanol–water partition coefficient (Wildman–Crippen LogP) is 5.74. The van der Waals surface area contributed by atoms with Crippen LogP contribution in [0.25, 0.3) is 0 Å². The predicted molar refractivity (Wildman–Crippen MR) is 146 cm³/mol. The number of nitro groups is 1. The van der Waals surface area contributed by atoms with Gasteiger partial charge in [-0.3, -0.25) is 10.1 Å². The summed E-state index contributed by atoms with van der Waals surface area (Å²) in [5.74, 6) is 1.54. The molecule has 8 heteroatoms. The van der Waals surface area contributed by atoms with Crippen LogP contribution < -0.4 is 9.47 Å². The highest BCUT2D eigenvalue weighted by Crippen LogP contribution is 2.32. The third kappa shape index (κ3) is 6.95. The van der Waals surface area contributed by atoms with Gasteiger partial charge in [-0.25, -0.2) is 0 Å². The third-order valence-corrected chi connectivity index (χ3v) is 7.77. The Hall–Kier alpha value is -2.71. The minimum atomic E-state index is -0.430. The van der Waals surface area contributed by atoms with Gasteiger partial charge in [-0.2, -0.15) is 0 Å². The molecule has 0 aromatic heterocycles. The maximum absolute atomic E-state index is 11.2. The van der Waals surface area contributed by atoms with Crippen LogP contribution in [0.5, 0.6) is 11.5 Å². The third-order valence-electron chi connectivity index (χ3n) is 7.30. The zero-order chi connectivity index (χ0) is 25.5. The van der Waals surface area contributed by atoms with Crippen LogP contribution in [0.15, 0.2) is 42.5 Å². The summed E-state index contributed by atoms with van der Waals surface area (Å²) in [5.41, 5.74) is 2.76. The van der Waals surface area contributed by atoms with E-state index in [1.54, 1.807) is 12.1 Å². The average Bonchev–Trinajstić information content (AvgIpc) is 2.89. The number of nitro benzene ring substituents is 1. The van der Waals surface area contributed by atoms with Crippen molar-refractivity contribution < 1.29 is 14.4 Å². The van der Waals surface area contributed by atoms with Crippen molar-refractivity contribution >= 4 is 22.9 Å². The van der Waals surface area contributed by atoms with Gasteiger partial charge in [-0.05, 0) is 57.3 Å². The maximum Gasteiger partial charge on any atom is 0.311 e. The fraction of sp³-hybridized carbons (Fsp3) is 0.536. The topological polar surface area (TPSA) is 68.1 Å². The van der Waals surface area contributed by atoms with E-state index in [2.05, 4.69) is 41.0 Å². The SMILES string of the molecule is CCOc1cc(OC2CCN(C(=S)CCN3CCC(c4ccc(C)cc4)CC3)CC2)ccc1[N+](=O)[O-]. The Bertz CT molecular complexity index is 1030. The molecule has 0 atom stereocenters. The summed E-state index contributed by atoms with van der Waals surface area (Å²) in [6.45, 7) is 9.37. The Labute approximate surface area is 219 Å². The van der Waals surface area contributed by atoms with Gasteiger partial charge in [0.05, 0.1) is 16.5 Å². The zero-order valence-corrected chi connectivity index (χ0v) is 22.2. The number of likely N-dealkylation sites (tertiary alicyclic amines) is 2. The van der Waals surface area contributed by atoms with Gasteiger partial charge in [0.15, 0.2) is 0 Å². The first-order valence-electron chi connectivity index (χ1n) is 13.1. The fourth-order valence-electron chi connectivity index (χ4n) is 5.15. The van der Waals surface area contributed by atoms with Gasteiger partial charge in [-0.15, -0.1) is 0 Å². The molecule has 7 nitrogen and oxygen atoms in total. The molecule has 0 bridgehead atoms. The van der Waals surface area contributed by atoms with Gasteiger partial charge in [0.1, 0.15) is 11.9 Å². The second-order valence-corrected chi connectivity index (χ2v) is 10.3. The van der Waals surface area contributed by atoms with E-state index >= 15 is 0 Å². The Balaban J connectivity index is 1.18. The normalized spacial score (nSPS) is 17.7. The Morgan fingerprint density at radius 3 is 2.39 bits per heavy atom. The van der Waals surface area contributed by atoms with Crippen molar-refractivity contribution in [1.29, 1.82) is 0 Å². The van der Waals surface area contributed by atoms with E-state index in [1.807, 2.05) is 6.92 Å². The van der Waals surface area contributed by atoms with Gasteiger partial charge in [-0.1, -0.05) is 42.0 Å². The lowest BCUT2D eigenvalue weighted by Gasteiger charge is -2.36. The summed E-state index contributed by atoms with van der Waals surface area (Å²) in [4.78, 5) is 16.7. The molecule has 2 aromatic rings. The molecular formula is C28H37N3O4S. The van der Waals surface area contributed by atoms with Crippen LogP contribution in [0.2, 0.25) is 0 Å². The van der Waals surface area contributed by atoms with Gasteiger partial charge in [0.2, 0.25) is 5.75 Å². The number of aryl methyl sites for hydroxylation is 1. The molecule has 0 N–H and O–H groups in total. The van der Waals surface area contributed by atoms with E-state index in [9.17, 15) is 10.1 Å². The summed E-state index contributed by atoms with van der Waals surface area (Å²) in [5, 5.41) is 11.2. The zero-order valence-electron chi connectivity index (χ0n) is 21.4. The maximum atomic E-state index is 11.2. The van der Waals surface area contributed by atoms with Crippen molar-refractivity contribution in [3.8, 4) is 11.5 Å². The molecule has 0 radical (unpaired) electrons. The molecule has 0 amide bonds. The Kier molecular flexibility index (Phi) is 9.15. The van der Waals surface area contributed by atoms with Crippen molar-refractivity contribution in [2.24, 2.45) is 0 Å². The summed E-state index contributed by atoms with van der Waals surface area (Å²) in [6.07, 6.45) is 5.18. The summed E-state index contributed by atoms with van der Waals surface area (Å²) in [6, 6.07) is 13.8. The summed E-state index contributed by atoms with van der Waals surface area (Å²) < 4.78 is 11.6. The first-order valence-corrected chi connectivity index (χ1v) is 13.5. The highest BCUT2D eigenvalue weighted by atomic mass is 32.1. The second-order valence-electron chi connectivity index (χ2n) is 9.79. The number of hydrogen-bond acceptors (Lipinski definition) is 6. The van der Waals surface area contributed by atoms with Gasteiger partial charge < -0.3 is 19.3 Å². The van der Waals surface area contributed by atoms with Crippen LogP contribution in [-0.4, -0.2) is 65.1 Å². The van der Waals surface area contributed by atoms with Crippen LogP contribution in [0.4, 0.5) is 5.69 Å². The van der Waals surface area contributed by atoms with Gasteiger partial charge >= 0.3 is 5.69 Å².